The van der Waals surface area contributed by atoms with Crippen LogP contribution in [0, 0.1) is 11.8 Å². The van der Waals surface area contributed by atoms with E-state index in [1.807, 2.05) is 20.8 Å². The van der Waals surface area contributed by atoms with Gasteiger partial charge in [-0.1, -0.05) is 33.3 Å². The van der Waals surface area contributed by atoms with E-state index in [0.717, 1.165) is 15.4 Å². The molecule has 0 aliphatic carbocycles. The van der Waals surface area contributed by atoms with Crippen molar-refractivity contribution in [2.75, 3.05) is 0 Å². The van der Waals surface area contributed by atoms with Crippen LogP contribution in [0.4, 0.5) is 0 Å². The average Bonchev–Trinajstić information content (AvgIpc) is 1.98. The highest BCUT2D eigenvalue weighted by Crippen LogP contribution is 2.23. The fourth-order valence-corrected chi connectivity index (χ4v) is 3.26. The molecular weight excluding hydrogens is 216 g/mol. The number of esters is 1. The van der Waals surface area contributed by atoms with E-state index >= 15 is 0 Å². The minimum Gasteiger partial charge on any atom is -0.457 e. The van der Waals surface area contributed by atoms with Gasteiger partial charge in [0.2, 0.25) is 0 Å². The minimum absolute atomic E-state index is 0.128. The maximum atomic E-state index is 12.0. The summed E-state index contributed by atoms with van der Waals surface area (Å²) in [5.74, 6) is 0.705. The van der Waals surface area contributed by atoms with Gasteiger partial charge in [-0.3, -0.25) is 0 Å². The van der Waals surface area contributed by atoms with E-state index in [-0.39, 0.29) is 5.97 Å². The van der Waals surface area contributed by atoms with Gasteiger partial charge in [-0.15, -0.1) is 0 Å². The van der Waals surface area contributed by atoms with Gasteiger partial charge in [0.25, 0.3) is 0 Å². The molecule has 0 aromatic heterocycles. The van der Waals surface area contributed by atoms with Crippen molar-refractivity contribution in [1.82, 2.24) is 0 Å². The summed E-state index contributed by atoms with van der Waals surface area (Å²) in [6.07, 6.45) is 0. The van der Waals surface area contributed by atoms with Crippen LogP contribution in [-0.4, -0.2) is 21.8 Å². The lowest BCUT2D eigenvalue weighted by molar-refractivity contribution is -0.149. The minimum atomic E-state index is -0.397. The van der Waals surface area contributed by atoms with Crippen molar-refractivity contribution in [2.24, 2.45) is 11.8 Å². The fourth-order valence-electron chi connectivity index (χ4n) is 2.01. The van der Waals surface area contributed by atoms with Crippen LogP contribution in [0.25, 0.3) is 0 Å². The van der Waals surface area contributed by atoms with Gasteiger partial charge in [0.05, 0.1) is 0 Å². The number of carbonyl (C=O) groups is 1. The molecule has 0 heterocycles. The van der Waals surface area contributed by atoms with Gasteiger partial charge < -0.3 is 4.74 Å². The van der Waals surface area contributed by atoms with Gasteiger partial charge in [-0.05, 0) is 32.6 Å². The Morgan fingerprint density at radius 3 is 1.69 bits per heavy atom. The zero-order chi connectivity index (χ0) is 13.1. The molecule has 0 aliphatic heterocycles. The Kier molecular flexibility index (Phi) is 5.46. The summed E-state index contributed by atoms with van der Waals surface area (Å²) in [6.45, 7) is 14.3. The molecule has 94 valence electrons. The highest BCUT2D eigenvalue weighted by Gasteiger charge is 2.21. The van der Waals surface area contributed by atoms with Crippen molar-refractivity contribution in [2.45, 2.75) is 54.1 Å². The molecule has 3 heteroatoms. The maximum Gasteiger partial charge on any atom is 0.329 e. The third-order valence-electron chi connectivity index (χ3n) is 2.38. The molecule has 0 amide bonds. The number of hydrogen-bond acceptors (Lipinski definition) is 2. The summed E-state index contributed by atoms with van der Waals surface area (Å²) in [6, 6.07) is 0. The lowest BCUT2D eigenvalue weighted by Crippen LogP contribution is -2.26. The molecule has 0 aliphatic rings. The Bertz CT molecular complexity index is 273. The summed E-state index contributed by atoms with van der Waals surface area (Å²) in [5, 5.41) is 0.903. The van der Waals surface area contributed by atoms with Crippen LogP contribution in [0.15, 0.2) is 10.8 Å². The van der Waals surface area contributed by atoms with Crippen LogP contribution in [0.5, 0.6) is 0 Å². The Balaban J connectivity index is 5.05. The first-order valence-electron chi connectivity index (χ1n) is 6.00. The van der Waals surface area contributed by atoms with Crippen molar-refractivity contribution in [3.8, 4) is 0 Å². The standard InChI is InChI=1S/C13H26O2Si/c1-8(2)10(9(3)4)11(16)12(14)15-13(5,6)7/h8-9H,1-7,16H3. The molecule has 0 bridgehead atoms. The first-order chi connectivity index (χ1) is 7.06. The van der Waals surface area contributed by atoms with Crippen LogP contribution in [0.2, 0.25) is 0 Å². The van der Waals surface area contributed by atoms with Gasteiger partial charge in [-0.25, -0.2) is 4.79 Å². The lowest BCUT2D eigenvalue weighted by atomic mass is 9.92. The molecule has 0 aromatic carbocycles. The predicted octanol–water partition coefficient (Wildman–Crippen LogP) is 2.26. The third-order valence-corrected chi connectivity index (χ3v) is 3.37. The average molecular weight is 242 g/mol. The molecular formula is C13H26O2Si. The smallest absolute Gasteiger partial charge is 0.329 e. The molecule has 0 fully saturated rings. The Hall–Kier alpha value is -0.573. The van der Waals surface area contributed by atoms with E-state index in [1.54, 1.807) is 0 Å². The predicted molar refractivity (Wildman–Crippen MR) is 72.5 cm³/mol. The van der Waals surface area contributed by atoms with Crippen molar-refractivity contribution in [3.63, 3.8) is 0 Å². The largest absolute Gasteiger partial charge is 0.457 e. The summed E-state index contributed by atoms with van der Waals surface area (Å²) >= 11 is 0. The summed E-state index contributed by atoms with van der Waals surface area (Å²) in [7, 11) is 0.750. The Morgan fingerprint density at radius 1 is 1.06 bits per heavy atom. The van der Waals surface area contributed by atoms with Crippen molar-refractivity contribution >= 4 is 16.2 Å². The van der Waals surface area contributed by atoms with Crippen molar-refractivity contribution in [3.05, 3.63) is 10.8 Å². The van der Waals surface area contributed by atoms with E-state index in [9.17, 15) is 4.79 Å². The molecule has 16 heavy (non-hydrogen) atoms. The highest BCUT2D eigenvalue weighted by atomic mass is 28.1. The van der Waals surface area contributed by atoms with E-state index in [4.69, 9.17) is 4.74 Å². The molecule has 0 unspecified atom stereocenters. The Labute approximate surface area is 103 Å². The number of ether oxygens (including phenoxy) is 1. The molecule has 0 radical (unpaired) electrons. The summed E-state index contributed by atoms with van der Waals surface area (Å²) < 4.78 is 5.42. The Morgan fingerprint density at radius 2 is 1.44 bits per heavy atom. The number of rotatable bonds is 3. The van der Waals surface area contributed by atoms with E-state index in [2.05, 4.69) is 27.7 Å². The maximum absolute atomic E-state index is 12.0. The van der Waals surface area contributed by atoms with Gasteiger partial charge in [0.15, 0.2) is 0 Å². The van der Waals surface area contributed by atoms with Crippen molar-refractivity contribution in [1.29, 1.82) is 0 Å². The topological polar surface area (TPSA) is 26.3 Å². The highest BCUT2D eigenvalue weighted by molar-refractivity contribution is 6.35. The summed E-state index contributed by atoms with van der Waals surface area (Å²) in [4.78, 5) is 12.0. The zero-order valence-corrected chi connectivity index (χ0v) is 14.0. The van der Waals surface area contributed by atoms with Crippen LogP contribution in [0.1, 0.15) is 48.5 Å². The van der Waals surface area contributed by atoms with Gasteiger partial charge in [0, 0.05) is 15.4 Å². The first-order valence-corrected chi connectivity index (χ1v) is 7.00. The SMILES string of the molecule is CC(C)C(=C([SiH3])C(=O)OC(C)(C)C)C(C)C. The fraction of sp³-hybridized carbons (Fsp3) is 0.769. The molecule has 0 saturated heterocycles. The van der Waals surface area contributed by atoms with E-state index < -0.39 is 5.60 Å². The molecule has 0 atom stereocenters. The quantitative estimate of drug-likeness (QED) is 0.431. The second-order valence-corrected chi connectivity index (χ2v) is 6.89. The second-order valence-electron chi connectivity index (χ2n) is 5.89. The molecule has 0 aromatic rings. The van der Waals surface area contributed by atoms with Gasteiger partial charge in [-0.2, -0.15) is 0 Å². The van der Waals surface area contributed by atoms with Crippen LogP contribution >= 0.6 is 0 Å². The number of allylic oxidation sites excluding steroid dienone is 1. The summed E-state index contributed by atoms with van der Waals surface area (Å²) in [5.41, 5.74) is 0.854. The molecule has 2 nitrogen and oxygen atoms in total. The third kappa shape index (κ3) is 4.97. The lowest BCUT2D eigenvalue weighted by Gasteiger charge is -2.23. The van der Waals surface area contributed by atoms with Gasteiger partial charge in [0.1, 0.15) is 5.60 Å². The van der Waals surface area contributed by atoms with E-state index in [0.29, 0.717) is 11.8 Å². The van der Waals surface area contributed by atoms with Crippen LogP contribution in [0.3, 0.4) is 0 Å². The molecule has 0 saturated carbocycles. The number of carbonyl (C=O) groups excluding carboxylic acids is 1. The zero-order valence-electron chi connectivity index (χ0n) is 12.0. The second kappa shape index (κ2) is 5.67. The normalized spacial score (nSPS) is 12.1. The van der Waals surface area contributed by atoms with Crippen LogP contribution < -0.4 is 0 Å². The molecule has 0 N–H and O–H groups in total. The number of hydrogen-bond donors (Lipinski definition) is 0. The first kappa shape index (κ1) is 15.4. The van der Waals surface area contributed by atoms with Gasteiger partial charge >= 0.3 is 5.97 Å². The monoisotopic (exact) mass is 242 g/mol. The molecule has 0 spiro atoms. The molecule has 0 rings (SSSR count). The van der Waals surface area contributed by atoms with Crippen LogP contribution in [-0.2, 0) is 9.53 Å². The van der Waals surface area contributed by atoms with E-state index in [1.165, 1.54) is 5.57 Å². The van der Waals surface area contributed by atoms with Crippen molar-refractivity contribution < 1.29 is 9.53 Å².